The van der Waals surface area contributed by atoms with Crippen molar-refractivity contribution in [1.29, 1.82) is 0 Å². The molecule has 0 aromatic heterocycles. The van der Waals surface area contributed by atoms with Gasteiger partial charge in [0, 0.05) is 47.8 Å². The standard InChI is InChI=1S/C22H22N4O2/c1-26(2)16-10-8-15(9-11-16)25-22(28)14-7-12-18(21(24)27)19(13-14)17-5-3-4-6-20(17)23/h3-13H,23H2,1-2H3,(H2,24,27)(H,25,28). The maximum absolute atomic E-state index is 12.7. The number of nitrogens with one attached hydrogen (secondary N) is 1. The lowest BCUT2D eigenvalue weighted by Crippen LogP contribution is -2.16. The Morgan fingerprint density at radius 3 is 2.18 bits per heavy atom. The van der Waals surface area contributed by atoms with Crippen LogP contribution in [0.5, 0.6) is 0 Å². The minimum atomic E-state index is -0.579. The Kier molecular flexibility index (Phi) is 5.31. The molecule has 0 unspecified atom stereocenters. The molecule has 0 heterocycles. The molecular weight excluding hydrogens is 352 g/mol. The quantitative estimate of drug-likeness (QED) is 0.596. The summed E-state index contributed by atoms with van der Waals surface area (Å²) in [5.74, 6) is -0.867. The lowest BCUT2D eigenvalue weighted by molar-refractivity contribution is 0.0996. The first-order valence-corrected chi connectivity index (χ1v) is 8.74. The van der Waals surface area contributed by atoms with E-state index < -0.39 is 5.91 Å². The van der Waals surface area contributed by atoms with Gasteiger partial charge in [0.1, 0.15) is 0 Å². The summed E-state index contributed by atoms with van der Waals surface area (Å²) >= 11 is 0. The van der Waals surface area contributed by atoms with Gasteiger partial charge >= 0.3 is 0 Å². The van der Waals surface area contributed by atoms with Gasteiger partial charge in [0.2, 0.25) is 5.91 Å². The number of amides is 2. The minimum absolute atomic E-state index is 0.288. The van der Waals surface area contributed by atoms with Crippen LogP contribution in [0.25, 0.3) is 11.1 Å². The van der Waals surface area contributed by atoms with Gasteiger partial charge in [-0.2, -0.15) is 0 Å². The van der Waals surface area contributed by atoms with E-state index in [-0.39, 0.29) is 5.91 Å². The summed E-state index contributed by atoms with van der Waals surface area (Å²) in [6.07, 6.45) is 0. The van der Waals surface area contributed by atoms with Gasteiger partial charge in [0.25, 0.3) is 5.91 Å². The third-order valence-corrected chi connectivity index (χ3v) is 4.44. The monoisotopic (exact) mass is 374 g/mol. The Balaban J connectivity index is 1.94. The summed E-state index contributed by atoms with van der Waals surface area (Å²) in [7, 11) is 3.90. The first kappa shape index (κ1) is 19.0. The SMILES string of the molecule is CN(C)c1ccc(NC(=O)c2ccc(C(N)=O)c(-c3ccccc3N)c2)cc1. The van der Waals surface area contributed by atoms with E-state index in [2.05, 4.69) is 5.32 Å². The number of nitrogen functional groups attached to an aromatic ring is 1. The maximum Gasteiger partial charge on any atom is 0.255 e. The molecule has 5 N–H and O–H groups in total. The highest BCUT2D eigenvalue weighted by atomic mass is 16.2. The number of hydrogen-bond acceptors (Lipinski definition) is 4. The number of nitrogens with two attached hydrogens (primary N) is 2. The fourth-order valence-corrected chi connectivity index (χ4v) is 2.91. The minimum Gasteiger partial charge on any atom is -0.398 e. The van der Waals surface area contributed by atoms with Gasteiger partial charge in [-0.05, 0) is 54.1 Å². The first-order valence-electron chi connectivity index (χ1n) is 8.74. The molecule has 142 valence electrons. The third kappa shape index (κ3) is 3.96. The molecule has 6 heteroatoms. The van der Waals surface area contributed by atoms with E-state index in [0.717, 1.165) is 5.69 Å². The van der Waals surface area contributed by atoms with E-state index in [4.69, 9.17) is 11.5 Å². The van der Waals surface area contributed by atoms with Gasteiger partial charge in [-0.25, -0.2) is 0 Å². The molecule has 0 spiro atoms. The number of anilines is 3. The number of hydrogen-bond donors (Lipinski definition) is 3. The van der Waals surface area contributed by atoms with Crippen molar-refractivity contribution >= 4 is 28.9 Å². The molecule has 6 nitrogen and oxygen atoms in total. The Hall–Kier alpha value is -3.80. The second kappa shape index (κ2) is 7.84. The molecule has 3 aromatic carbocycles. The number of carbonyl (C=O) groups is 2. The predicted octanol–water partition coefficient (Wildman–Crippen LogP) is 3.35. The molecule has 0 aliphatic carbocycles. The smallest absolute Gasteiger partial charge is 0.255 e. The molecule has 0 saturated carbocycles. The van der Waals surface area contributed by atoms with Crippen LogP contribution in [0.2, 0.25) is 0 Å². The Morgan fingerprint density at radius 2 is 1.57 bits per heavy atom. The molecule has 0 saturated heterocycles. The average molecular weight is 374 g/mol. The highest BCUT2D eigenvalue weighted by Gasteiger charge is 2.16. The van der Waals surface area contributed by atoms with Crippen molar-refractivity contribution in [2.75, 3.05) is 30.0 Å². The molecule has 0 fully saturated rings. The number of rotatable bonds is 5. The van der Waals surface area contributed by atoms with Crippen LogP contribution >= 0.6 is 0 Å². The Morgan fingerprint density at radius 1 is 0.893 bits per heavy atom. The van der Waals surface area contributed by atoms with Crippen molar-refractivity contribution in [3.05, 3.63) is 77.9 Å². The van der Waals surface area contributed by atoms with Gasteiger partial charge < -0.3 is 21.7 Å². The number of para-hydroxylation sites is 1. The summed E-state index contributed by atoms with van der Waals surface area (Å²) in [4.78, 5) is 26.5. The molecule has 0 bridgehead atoms. The Labute approximate surface area is 163 Å². The van der Waals surface area contributed by atoms with Crippen LogP contribution < -0.4 is 21.7 Å². The van der Waals surface area contributed by atoms with Crippen molar-refractivity contribution in [1.82, 2.24) is 0 Å². The van der Waals surface area contributed by atoms with Crippen molar-refractivity contribution < 1.29 is 9.59 Å². The zero-order valence-electron chi connectivity index (χ0n) is 15.8. The molecule has 0 atom stereocenters. The van der Waals surface area contributed by atoms with E-state index in [1.807, 2.05) is 49.3 Å². The fourth-order valence-electron chi connectivity index (χ4n) is 2.91. The summed E-state index contributed by atoms with van der Waals surface area (Å²) in [5.41, 5.74) is 15.7. The maximum atomic E-state index is 12.7. The van der Waals surface area contributed by atoms with E-state index in [1.54, 1.807) is 36.4 Å². The average Bonchev–Trinajstić information content (AvgIpc) is 2.68. The van der Waals surface area contributed by atoms with E-state index >= 15 is 0 Å². The van der Waals surface area contributed by atoms with E-state index in [1.165, 1.54) is 0 Å². The number of carbonyl (C=O) groups excluding carboxylic acids is 2. The zero-order valence-corrected chi connectivity index (χ0v) is 15.8. The van der Waals surface area contributed by atoms with Gasteiger partial charge in [-0.15, -0.1) is 0 Å². The van der Waals surface area contributed by atoms with Crippen LogP contribution in [0.4, 0.5) is 17.1 Å². The van der Waals surface area contributed by atoms with Crippen LogP contribution in [-0.2, 0) is 0 Å². The van der Waals surface area contributed by atoms with Crippen LogP contribution in [0, 0.1) is 0 Å². The number of benzene rings is 3. The third-order valence-electron chi connectivity index (χ3n) is 4.44. The lowest BCUT2D eigenvalue weighted by Gasteiger charge is -2.14. The summed E-state index contributed by atoms with van der Waals surface area (Å²) in [5, 5.41) is 2.86. The van der Waals surface area contributed by atoms with Crippen LogP contribution in [0.3, 0.4) is 0 Å². The first-order chi connectivity index (χ1) is 13.4. The summed E-state index contributed by atoms with van der Waals surface area (Å²) < 4.78 is 0. The van der Waals surface area contributed by atoms with Gasteiger partial charge in [0.15, 0.2) is 0 Å². The highest BCUT2D eigenvalue weighted by Crippen LogP contribution is 2.30. The van der Waals surface area contributed by atoms with Crippen molar-refractivity contribution in [3.63, 3.8) is 0 Å². The molecule has 3 rings (SSSR count). The molecule has 3 aromatic rings. The second-order valence-corrected chi connectivity index (χ2v) is 6.61. The zero-order chi connectivity index (χ0) is 20.3. The number of primary amides is 1. The molecule has 0 aliphatic heterocycles. The van der Waals surface area contributed by atoms with Crippen LogP contribution in [0.1, 0.15) is 20.7 Å². The highest BCUT2D eigenvalue weighted by molar-refractivity contribution is 6.08. The van der Waals surface area contributed by atoms with Gasteiger partial charge in [-0.1, -0.05) is 18.2 Å². The fraction of sp³-hybridized carbons (Fsp3) is 0.0909. The van der Waals surface area contributed by atoms with Crippen LogP contribution in [-0.4, -0.2) is 25.9 Å². The summed E-state index contributed by atoms with van der Waals surface area (Å²) in [6, 6.07) is 19.4. The molecule has 0 aliphatic rings. The van der Waals surface area contributed by atoms with Crippen molar-refractivity contribution in [2.24, 2.45) is 5.73 Å². The lowest BCUT2D eigenvalue weighted by atomic mass is 9.95. The van der Waals surface area contributed by atoms with Gasteiger partial charge in [-0.3, -0.25) is 9.59 Å². The van der Waals surface area contributed by atoms with E-state index in [9.17, 15) is 9.59 Å². The largest absolute Gasteiger partial charge is 0.398 e. The number of nitrogens with zero attached hydrogens (tertiary/aromatic N) is 1. The van der Waals surface area contributed by atoms with E-state index in [0.29, 0.717) is 33.6 Å². The van der Waals surface area contributed by atoms with Crippen molar-refractivity contribution in [2.45, 2.75) is 0 Å². The molecule has 0 radical (unpaired) electrons. The predicted molar refractivity (Wildman–Crippen MR) is 114 cm³/mol. The second-order valence-electron chi connectivity index (χ2n) is 6.61. The summed E-state index contributed by atoms with van der Waals surface area (Å²) in [6.45, 7) is 0. The van der Waals surface area contributed by atoms with Crippen molar-refractivity contribution in [3.8, 4) is 11.1 Å². The van der Waals surface area contributed by atoms with Crippen LogP contribution in [0.15, 0.2) is 66.7 Å². The molecular formula is C22H22N4O2. The van der Waals surface area contributed by atoms with Gasteiger partial charge in [0.05, 0.1) is 0 Å². The topological polar surface area (TPSA) is 101 Å². The molecule has 28 heavy (non-hydrogen) atoms. The normalized spacial score (nSPS) is 10.4. The molecule has 2 amide bonds. The Bertz CT molecular complexity index is 1030.